The lowest BCUT2D eigenvalue weighted by molar-refractivity contribution is -0.188. The first-order chi connectivity index (χ1) is 18.2. The van der Waals surface area contributed by atoms with Gasteiger partial charge in [-0.3, -0.25) is 0 Å². The van der Waals surface area contributed by atoms with Gasteiger partial charge in [-0.25, -0.2) is 4.79 Å². The van der Waals surface area contributed by atoms with Gasteiger partial charge in [-0.15, -0.1) is 0 Å². The Morgan fingerprint density at radius 3 is 1.13 bits per heavy atom. The Kier molecular flexibility index (Phi) is 10.4. The zero-order valence-corrected chi connectivity index (χ0v) is 22.6. The van der Waals surface area contributed by atoms with Crippen LogP contribution in [0.2, 0.25) is 0 Å². The Morgan fingerprint density at radius 1 is 0.605 bits per heavy atom. The van der Waals surface area contributed by atoms with E-state index in [1.54, 1.807) is 72.8 Å². The number of hydrogen-bond acceptors (Lipinski definition) is 5. The van der Waals surface area contributed by atoms with Crippen molar-refractivity contribution in [2.75, 3.05) is 19.8 Å². The minimum absolute atomic E-state index is 0.406. The molecule has 0 atom stereocenters. The number of carbonyl (C=O) groups is 1. The molecule has 0 unspecified atom stereocenters. The van der Waals surface area contributed by atoms with Gasteiger partial charge < -0.3 is 18.4 Å². The van der Waals surface area contributed by atoms with Crippen molar-refractivity contribution in [2.45, 2.75) is 60.9 Å². The van der Waals surface area contributed by atoms with Crippen LogP contribution in [0, 0.1) is 0 Å². The van der Waals surface area contributed by atoms with E-state index in [1.165, 1.54) is 0 Å². The molecule has 0 heterocycles. The van der Waals surface area contributed by atoms with E-state index in [-0.39, 0.29) is 0 Å². The number of hydrogen-bond donors (Lipinski definition) is 0. The lowest BCUT2D eigenvalue weighted by Crippen LogP contribution is -2.27. The van der Waals surface area contributed by atoms with Gasteiger partial charge in [0.25, 0.3) is 0 Å². The second-order valence-corrected chi connectivity index (χ2v) is 11.1. The third-order valence-electron chi connectivity index (χ3n) is 5.32. The topological polar surface area (TPSA) is 54.0 Å². The van der Waals surface area contributed by atoms with Gasteiger partial charge in [-0.1, -0.05) is 20.8 Å². The van der Waals surface area contributed by atoms with E-state index < -0.39 is 22.5 Å². The third-order valence-corrected chi connectivity index (χ3v) is 8.53. The van der Waals surface area contributed by atoms with Crippen LogP contribution in [0.5, 0.6) is 17.2 Å². The van der Waals surface area contributed by atoms with Crippen LogP contribution in [0.1, 0.15) is 40.0 Å². The smallest absolute Gasteiger partial charge is 0.491 e. The van der Waals surface area contributed by atoms with Gasteiger partial charge in [0.2, 0.25) is 0 Å². The highest BCUT2D eigenvalue weighted by Gasteiger charge is 2.47. The Balaban J connectivity index is 2.20. The zero-order valence-electron chi connectivity index (χ0n) is 21.8. The fraction of sp³-hybridized carbons (Fsp3) is 0.345. The van der Waals surface area contributed by atoms with Crippen molar-refractivity contribution in [3.63, 3.8) is 0 Å². The Hall–Kier alpha value is -3.33. The largest absolute Gasteiger partial charge is 0.494 e. The van der Waals surface area contributed by atoms with E-state index in [2.05, 4.69) is 0 Å². The minimum atomic E-state index is -5.18. The first-order valence-electron chi connectivity index (χ1n) is 12.6. The molecule has 0 amide bonds. The zero-order chi connectivity index (χ0) is 27.6. The molecule has 5 nitrogen and oxygen atoms in total. The van der Waals surface area contributed by atoms with Crippen molar-refractivity contribution >= 4 is 16.3 Å². The van der Waals surface area contributed by atoms with Crippen LogP contribution >= 0.6 is 10.3 Å². The van der Waals surface area contributed by atoms with Gasteiger partial charge >= 0.3 is 12.1 Å². The molecule has 0 aliphatic heterocycles. The summed E-state index contributed by atoms with van der Waals surface area (Å²) < 4.78 is 63.4. The average molecular weight is 551 g/mol. The predicted molar refractivity (Wildman–Crippen MR) is 141 cm³/mol. The van der Waals surface area contributed by atoms with Gasteiger partial charge in [-0.05, 0) is 102 Å². The van der Waals surface area contributed by atoms with E-state index >= 15 is 0 Å². The van der Waals surface area contributed by atoms with Crippen LogP contribution in [0.4, 0.5) is 13.2 Å². The second-order valence-electron chi connectivity index (χ2n) is 8.38. The van der Waals surface area contributed by atoms with E-state index in [0.717, 1.165) is 19.3 Å². The summed E-state index contributed by atoms with van der Waals surface area (Å²) in [5.41, 5.74) is 0. The lowest BCUT2D eigenvalue weighted by atomic mass is 10.3. The molecule has 0 bridgehead atoms. The standard InChI is InChI=1S/C29H33F3O5S/c1-4-19-34-22-7-13-25(14-8-22)38(37-28(33)29(30,31)32,26-15-9-23(10-16-26)35-20-5-2)27-17-11-24(12-18-27)36-21-6-3/h7-18H,4-6,19-21H2,1-3H3. The summed E-state index contributed by atoms with van der Waals surface area (Å²) in [4.78, 5) is 13.6. The summed E-state index contributed by atoms with van der Waals surface area (Å²) in [5.74, 6) is -0.565. The number of ether oxygens (including phenoxy) is 3. The van der Waals surface area contributed by atoms with E-state index in [1.807, 2.05) is 20.8 Å². The number of carbonyl (C=O) groups excluding carboxylic acids is 1. The maximum Gasteiger partial charge on any atom is 0.491 e. The molecule has 3 aromatic carbocycles. The molecular formula is C29H33F3O5S. The number of halogens is 3. The maximum atomic E-state index is 13.6. The fourth-order valence-corrected chi connectivity index (χ4v) is 6.54. The van der Waals surface area contributed by atoms with Crippen molar-refractivity contribution < 1.29 is 36.4 Å². The van der Waals surface area contributed by atoms with Crippen LogP contribution in [-0.4, -0.2) is 32.0 Å². The van der Waals surface area contributed by atoms with Crippen molar-refractivity contribution in [1.82, 2.24) is 0 Å². The molecule has 0 spiro atoms. The third kappa shape index (κ3) is 7.16. The molecule has 0 fully saturated rings. The summed E-state index contributed by atoms with van der Waals surface area (Å²) in [6.45, 7) is 7.42. The van der Waals surface area contributed by atoms with Crippen LogP contribution in [0.25, 0.3) is 0 Å². The van der Waals surface area contributed by atoms with Gasteiger partial charge in [0.1, 0.15) is 17.2 Å². The molecule has 0 N–H and O–H groups in total. The molecule has 0 saturated heterocycles. The van der Waals surface area contributed by atoms with Crippen LogP contribution < -0.4 is 14.2 Å². The molecule has 0 aromatic heterocycles. The number of rotatable bonds is 13. The highest BCUT2D eigenvalue weighted by Crippen LogP contribution is 2.70. The summed E-state index contributed by atoms with van der Waals surface area (Å²) in [7, 11) is -3.16. The molecule has 3 rings (SSSR count). The molecule has 3 aromatic rings. The second kappa shape index (κ2) is 13.5. The summed E-state index contributed by atoms with van der Waals surface area (Å²) in [6.07, 6.45) is -2.77. The Bertz CT molecular complexity index is 1020. The van der Waals surface area contributed by atoms with Crippen molar-refractivity contribution in [1.29, 1.82) is 0 Å². The summed E-state index contributed by atoms with van der Waals surface area (Å²) in [6, 6.07) is 19.9. The van der Waals surface area contributed by atoms with Crippen LogP contribution in [-0.2, 0) is 8.98 Å². The fourth-order valence-electron chi connectivity index (χ4n) is 3.56. The maximum absolute atomic E-state index is 13.6. The number of alkyl halides is 3. The van der Waals surface area contributed by atoms with Crippen molar-refractivity contribution in [2.24, 2.45) is 0 Å². The SMILES string of the molecule is CCCOc1ccc(S(OC(=O)C(F)(F)F)(c2ccc(OCCC)cc2)c2ccc(OCCC)cc2)cc1. The van der Waals surface area contributed by atoms with E-state index in [0.29, 0.717) is 51.8 Å². The molecular weight excluding hydrogens is 517 g/mol. The molecule has 38 heavy (non-hydrogen) atoms. The highest BCUT2D eigenvalue weighted by atomic mass is 32.3. The van der Waals surface area contributed by atoms with Crippen LogP contribution in [0.3, 0.4) is 0 Å². The lowest BCUT2D eigenvalue weighted by Gasteiger charge is -2.40. The monoisotopic (exact) mass is 550 g/mol. The van der Waals surface area contributed by atoms with E-state index in [4.69, 9.17) is 18.4 Å². The average Bonchev–Trinajstić information content (AvgIpc) is 2.93. The summed E-state index contributed by atoms with van der Waals surface area (Å²) >= 11 is 0. The molecule has 0 saturated carbocycles. The molecule has 0 aliphatic rings. The Morgan fingerprint density at radius 2 is 0.895 bits per heavy atom. The van der Waals surface area contributed by atoms with Gasteiger partial charge in [-0.2, -0.15) is 13.2 Å². The first-order valence-corrected chi connectivity index (χ1v) is 14.1. The normalized spacial score (nSPS) is 12.1. The van der Waals surface area contributed by atoms with Crippen LogP contribution in [0.15, 0.2) is 87.5 Å². The molecule has 0 radical (unpaired) electrons. The van der Waals surface area contributed by atoms with Gasteiger partial charge in [0, 0.05) is 14.7 Å². The quantitative estimate of drug-likeness (QED) is 0.214. The first kappa shape index (κ1) is 29.2. The Labute approximate surface area is 223 Å². The predicted octanol–water partition coefficient (Wildman–Crippen LogP) is 8.36. The molecule has 0 aliphatic carbocycles. The number of benzene rings is 3. The molecule has 206 valence electrons. The van der Waals surface area contributed by atoms with E-state index in [9.17, 15) is 18.0 Å². The minimum Gasteiger partial charge on any atom is -0.494 e. The van der Waals surface area contributed by atoms with Gasteiger partial charge in [0.05, 0.1) is 19.8 Å². The molecule has 9 heteroatoms. The van der Waals surface area contributed by atoms with Gasteiger partial charge in [0.15, 0.2) is 0 Å². The highest BCUT2D eigenvalue weighted by molar-refractivity contribution is 8.30. The summed E-state index contributed by atoms with van der Waals surface area (Å²) in [5, 5.41) is 0. The van der Waals surface area contributed by atoms with Crippen molar-refractivity contribution in [3.8, 4) is 17.2 Å². The van der Waals surface area contributed by atoms with Crippen molar-refractivity contribution in [3.05, 3.63) is 72.8 Å².